The van der Waals surface area contributed by atoms with Crippen LogP contribution in [0.1, 0.15) is 22.3 Å². The Bertz CT molecular complexity index is 1150. The molecule has 0 aliphatic rings. The maximum atomic E-state index is 14.5. The van der Waals surface area contributed by atoms with Gasteiger partial charge in [0.05, 0.1) is 16.9 Å². The molecule has 7 nitrogen and oxygen atoms in total. The van der Waals surface area contributed by atoms with Crippen molar-refractivity contribution in [1.29, 1.82) is 0 Å². The molecule has 0 radical (unpaired) electrons. The van der Waals surface area contributed by atoms with Gasteiger partial charge in [-0.25, -0.2) is 9.37 Å². The summed E-state index contributed by atoms with van der Waals surface area (Å²) in [4.78, 5) is 20.5. The summed E-state index contributed by atoms with van der Waals surface area (Å²) in [5, 5.41) is 13.3. The number of phenolic OH excluding ortho intramolecular Hbond substituents is 1. The maximum absolute atomic E-state index is 14.5. The van der Waals surface area contributed by atoms with Gasteiger partial charge in [0.25, 0.3) is 5.91 Å². The molecule has 174 valence electrons. The molecule has 0 atom stereocenters. The summed E-state index contributed by atoms with van der Waals surface area (Å²) in [6, 6.07) is 13.2. The van der Waals surface area contributed by atoms with E-state index < -0.39 is 0 Å². The second kappa shape index (κ2) is 10.3. The molecule has 0 unspecified atom stereocenters. The molecule has 0 bridgehead atoms. The maximum Gasteiger partial charge on any atom is 0.255 e. The monoisotopic (exact) mass is 451 g/mol. The van der Waals surface area contributed by atoms with Crippen LogP contribution in [0.15, 0.2) is 48.5 Å². The number of phenols is 1. The average Bonchev–Trinajstić information content (AvgIpc) is 2.76. The Morgan fingerprint density at radius 2 is 1.88 bits per heavy atom. The topological polar surface area (TPSA) is 94.7 Å². The second-order valence-electron chi connectivity index (χ2n) is 8.26. The third kappa shape index (κ3) is 5.78. The lowest BCUT2D eigenvalue weighted by molar-refractivity contribution is 0.0953. The van der Waals surface area contributed by atoms with Crippen LogP contribution in [0.4, 0.5) is 21.6 Å². The first-order valence-corrected chi connectivity index (χ1v) is 10.7. The molecule has 33 heavy (non-hydrogen) atoms. The Morgan fingerprint density at radius 1 is 1.12 bits per heavy atom. The third-order valence-corrected chi connectivity index (χ3v) is 5.34. The summed E-state index contributed by atoms with van der Waals surface area (Å²) < 4.78 is 14.5. The van der Waals surface area contributed by atoms with E-state index in [1.807, 2.05) is 32.0 Å². The van der Waals surface area contributed by atoms with Gasteiger partial charge in [-0.2, -0.15) is 0 Å². The van der Waals surface area contributed by atoms with Crippen LogP contribution in [0, 0.1) is 12.7 Å². The van der Waals surface area contributed by atoms with E-state index in [9.17, 15) is 14.3 Å². The van der Waals surface area contributed by atoms with E-state index in [-0.39, 0.29) is 28.9 Å². The van der Waals surface area contributed by atoms with Crippen LogP contribution in [0.2, 0.25) is 0 Å². The molecular formula is C25H30FN5O2. The molecule has 0 saturated heterocycles. The highest BCUT2D eigenvalue weighted by atomic mass is 19.1. The number of nitrogens with one attached hydrogen (secondary N) is 1. The minimum Gasteiger partial charge on any atom is -0.507 e. The van der Waals surface area contributed by atoms with Gasteiger partial charge in [0.15, 0.2) is 0 Å². The first-order chi connectivity index (χ1) is 15.7. The Hall–Kier alpha value is -3.65. The molecular weight excluding hydrogens is 421 g/mol. The van der Waals surface area contributed by atoms with Gasteiger partial charge in [-0.05, 0) is 82.0 Å². The first kappa shape index (κ1) is 24.0. The van der Waals surface area contributed by atoms with Gasteiger partial charge >= 0.3 is 0 Å². The van der Waals surface area contributed by atoms with Gasteiger partial charge in [-0.1, -0.05) is 6.07 Å². The highest BCUT2D eigenvalue weighted by Crippen LogP contribution is 2.35. The summed E-state index contributed by atoms with van der Waals surface area (Å²) in [7, 11) is 5.69. The molecule has 1 heterocycles. The van der Waals surface area contributed by atoms with Crippen molar-refractivity contribution in [1.82, 2.24) is 15.2 Å². The number of anilines is 3. The summed E-state index contributed by atoms with van der Waals surface area (Å²) in [5.41, 5.74) is 9.08. The van der Waals surface area contributed by atoms with Gasteiger partial charge in [-0.3, -0.25) is 4.79 Å². The Labute approximate surface area is 193 Å². The molecule has 1 aromatic heterocycles. The first-order valence-electron chi connectivity index (χ1n) is 10.7. The number of carbonyl (C=O) groups is 1. The fraction of sp³-hybridized carbons (Fsp3) is 0.280. The Balaban J connectivity index is 1.83. The molecule has 0 saturated carbocycles. The Kier molecular flexibility index (Phi) is 7.50. The SMILES string of the molecule is Cc1ccc(N(C)c2ccc(O)c(-c3ccc(C(=O)NCCCN(C)C)c(N)n3)c2)c(F)c1. The molecule has 0 fully saturated rings. The minimum absolute atomic E-state index is 0.00400. The number of nitrogens with two attached hydrogens (primary N) is 1. The molecule has 0 aliphatic carbocycles. The van der Waals surface area contributed by atoms with Crippen LogP contribution < -0.4 is 16.0 Å². The van der Waals surface area contributed by atoms with Crippen LogP contribution in [-0.2, 0) is 0 Å². The highest BCUT2D eigenvalue weighted by Gasteiger charge is 2.16. The number of halogens is 1. The van der Waals surface area contributed by atoms with Crippen LogP contribution >= 0.6 is 0 Å². The lowest BCUT2D eigenvalue weighted by Gasteiger charge is -2.21. The number of aromatic nitrogens is 1. The summed E-state index contributed by atoms with van der Waals surface area (Å²) in [6.07, 6.45) is 0.819. The molecule has 4 N–H and O–H groups in total. The van der Waals surface area contributed by atoms with Gasteiger partial charge in [0.2, 0.25) is 0 Å². The van der Waals surface area contributed by atoms with Crippen molar-refractivity contribution < 1.29 is 14.3 Å². The van der Waals surface area contributed by atoms with Crippen LogP contribution in [-0.4, -0.2) is 55.1 Å². The van der Waals surface area contributed by atoms with E-state index in [4.69, 9.17) is 5.73 Å². The van der Waals surface area contributed by atoms with E-state index in [0.29, 0.717) is 29.2 Å². The number of hydrogen-bond acceptors (Lipinski definition) is 6. The zero-order chi connectivity index (χ0) is 24.1. The number of aryl methyl sites for hydroxylation is 1. The molecule has 3 aromatic rings. The van der Waals surface area contributed by atoms with Crippen molar-refractivity contribution >= 4 is 23.1 Å². The molecule has 0 spiro atoms. The number of amides is 1. The fourth-order valence-electron chi connectivity index (χ4n) is 3.47. The number of rotatable bonds is 8. The zero-order valence-corrected chi connectivity index (χ0v) is 19.4. The third-order valence-electron chi connectivity index (χ3n) is 5.34. The van der Waals surface area contributed by atoms with Gasteiger partial charge in [0.1, 0.15) is 17.4 Å². The van der Waals surface area contributed by atoms with E-state index >= 15 is 0 Å². The number of aromatic hydroxyl groups is 1. The summed E-state index contributed by atoms with van der Waals surface area (Å²) >= 11 is 0. The lowest BCUT2D eigenvalue weighted by atomic mass is 10.1. The second-order valence-corrected chi connectivity index (χ2v) is 8.26. The van der Waals surface area contributed by atoms with E-state index in [1.54, 1.807) is 42.3 Å². The van der Waals surface area contributed by atoms with Crippen LogP contribution in [0.5, 0.6) is 5.75 Å². The van der Waals surface area contributed by atoms with E-state index in [0.717, 1.165) is 18.5 Å². The van der Waals surface area contributed by atoms with Crippen LogP contribution in [0.3, 0.4) is 0 Å². The largest absolute Gasteiger partial charge is 0.507 e. The van der Waals surface area contributed by atoms with Crippen molar-refractivity contribution in [2.24, 2.45) is 0 Å². The molecule has 3 rings (SSSR count). The van der Waals surface area contributed by atoms with Crippen molar-refractivity contribution in [3.8, 4) is 17.0 Å². The minimum atomic E-state index is -0.338. The van der Waals surface area contributed by atoms with Gasteiger partial charge in [0, 0.05) is 24.8 Å². The fourth-order valence-corrected chi connectivity index (χ4v) is 3.47. The molecule has 1 amide bonds. The molecule has 8 heteroatoms. The summed E-state index contributed by atoms with van der Waals surface area (Å²) in [6.45, 7) is 3.22. The predicted octanol–water partition coefficient (Wildman–Crippen LogP) is 3.93. The smallest absolute Gasteiger partial charge is 0.255 e. The number of pyridine rings is 1. The zero-order valence-electron chi connectivity index (χ0n) is 19.4. The van der Waals surface area contributed by atoms with Crippen molar-refractivity contribution in [3.05, 3.63) is 65.5 Å². The number of hydrogen-bond donors (Lipinski definition) is 3. The molecule has 2 aromatic carbocycles. The van der Waals surface area contributed by atoms with Gasteiger partial charge < -0.3 is 26.0 Å². The number of nitrogen functional groups attached to an aromatic ring is 1. The average molecular weight is 452 g/mol. The normalized spacial score (nSPS) is 11.0. The quantitative estimate of drug-likeness (QED) is 0.449. The van der Waals surface area contributed by atoms with Crippen molar-refractivity contribution in [3.63, 3.8) is 0 Å². The lowest BCUT2D eigenvalue weighted by Crippen LogP contribution is -2.28. The van der Waals surface area contributed by atoms with Crippen molar-refractivity contribution in [2.45, 2.75) is 13.3 Å². The predicted molar refractivity (Wildman–Crippen MR) is 130 cm³/mol. The summed E-state index contributed by atoms with van der Waals surface area (Å²) in [5.74, 6) is -0.557. The standard InChI is InChI=1S/C25H30FN5O2/c1-16-6-10-22(20(26)14-16)31(4)17-7-11-23(32)19(15-17)21-9-8-18(24(27)29-21)25(33)28-12-5-13-30(2)3/h6-11,14-15,32H,5,12-13H2,1-4H3,(H2,27,29)(H,28,33). The number of nitrogens with zero attached hydrogens (tertiary/aromatic N) is 3. The van der Waals surface area contributed by atoms with Crippen LogP contribution in [0.25, 0.3) is 11.3 Å². The highest BCUT2D eigenvalue weighted by molar-refractivity contribution is 5.98. The number of benzene rings is 2. The van der Waals surface area contributed by atoms with Gasteiger partial charge in [-0.15, -0.1) is 0 Å². The van der Waals surface area contributed by atoms with E-state index in [2.05, 4.69) is 10.3 Å². The van der Waals surface area contributed by atoms with E-state index in [1.165, 1.54) is 12.1 Å². The molecule has 0 aliphatic heterocycles. The number of carbonyl (C=O) groups excluding carboxylic acids is 1. The Morgan fingerprint density at radius 3 is 2.55 bits per heavy atom. The van der Waals surface area contributed by atoms with Crippen molar-refractivity contribution in [2.75, 3.05) is 44.9 Å².